The van der Waals surface area contributed by atoms with Gasteiger partial charge in [0.05, 0.1) is 11.8 Å². The Hall–Kier alpha value is -3.59. The molecule has 0 aliphatic carbocycles. The van der Waals surface area contributed by atoms with Crippen LogP contribution in [0, 0.1) is 17.7 Å². The Bertz CT molecular complexity index is 1170. The number of carbonyl (C=O) groups is 4. The smallest absolute Gasteiger partial charge is 0.303 e. The Morgan fingerprint density at radius 2 is 1.85 bits per heavy atom. The number of rotatable bonds is 6. The Balaban J connectivity index is 1.53. The number of anilines is 1. The summed E-state index contributed by atoms with van der Waals surface area (Å²) in [4.78, 5) is 52.6. The maximum Gasteiger partial charge on any atom is 0.303 e. The number of halogens is 1. The minimum Gasteiger partial charge on any atom is -0.481 e. The SMILES string of the molecule is O=C(O)CCC1NC2(C(=O)Nc3ccc(F)cc32)C2C(=O)N(CCc3ccccc3)C(=O)C12. The Labute approximate surface area is 188 Å². The summed E-state index contributed by atoms with van der Waals surface area (Å²) in [5.74, 6) is -5.09. The van der Waals surface area contributed by atoms with Crippen molar-refractivity contribution in [2.45, 2.75) is 30.8 Å². The van der Waals surface area contributed by atoms with Gasteiger partial charge < -0.3 is 10.4 Å². The number of hydrogen-bond donors (Lipinski definition) is 3. The Morgan fingerprint density at radius 3 is 2.58 bits per heavy atom. The molecule has 0 bridgehead atoms. The highest BCUT2D eigenvalue weighted by Crippen LogP contribution is 2.53. The lowest BCUT2D eigenvalue weighted by Crippen LogP contribution is -2.53. The van der Waals surface area contributed by atoms with E-state index in [4.69, 9.17) is 0 Å². The number of imide groups is 1. The molecule has 3 aliphatic rings. The van der Waals surface area contributed by atoms with Gasteiger partial charge in [-0.05, 0) is 36.6 Å². The van der Waals surface area contributed by atoms with Gasteiger partial charge >= 0.3 is 5.97 Å². The normalized spacial score (nSPS) is 27.7. The van der Waals surface area contributed by atoms with Crippen molar-refractivity contribution in [3.63, 3.8) is 0 Å². The fourth-order valence-corrected chi connectivity index (χ4v) is 5.47. The molecule has 5 rings (SSSR count). The van der Waals surface area contributed by atoms with Crippen molar-refractivity contribution in [1.82, 2.24) is 10.2 Å². The van der Waals surface area contributed by atoms with Crippen LogP contribution in [0.25, 0.3) is 0 Å². The Kier molecular flexibility index (Phi) is 5.01. The van der Waals surface area contributed by atoms with Gasteiger partial charge in [0.2, 0.25) is 17.7 Å². The van der Waals surface area contributed by atoms with Crippen LogP contribution in [0.15, 0.2) is 48.5 Å². The first-order valence-corrected chi connectivity index (χ1v) is 10.8. The third-order valence-electron chi connectivity index (χ3n) is 6.90. The highest BCUT2D eigenvalue weighted by atomic mass is 19.1. The van der Waals surface area contributed by atoms with E-state index in [9.17, 15) is 28.7 Å². The zero-order valence-corrected chi connectivity index (χ0v) is 17.6. The molecule has 4 unspecified atom stereocenters. The number of likely N-dealkylation sites (tertiary alicyclic amines) is 1. The number of carbonyl (C=O) groups excluding carboxylic acids is 3. The molecule has 3 aliphatic heterocycles. The van der Waals surface area contributed by atoms with Crippen LogP contribution in [0.2, 0.25) is 0 Å². The van der Waals surface area contributed by atoms with Crippen molar-refractivity contribution < 1.29 is 28.7 Å². The molecular weight excluding hydrogens is 429 g/mol. The molecule has 2 fully saturated rings. The number of hydrogen-bond acceptors (Lipinski definition) is 5. The predicted octanol–water partition coefficient (Wildman–Crippen LogP) is 1.65. The summed E-state index contributed by atoms with van der Waals surface area (Å²) in [6.45, 7) is 0.147. The van der Waals surface area contributed by atoms with Crippen molar-refractivity contribution in [3.8, 4) is 0 Å². The minimum absolute atomic E-state index is 0.0573. The lowest BCUT2D eigenvalue weighted by molar-refractivity contribution is -0.143. The van der Waals surface area contributed by atoms with E-state index in [1.807, 2.05) is 30.3 Å². The monoisotopic (exact) mass is 451 g/mol. The van der Waals surface area contributed by atoms with Crippen LogP contribution in [0.4, 0.5) is 10.1 Å². The van der Waals surface area contributed by atoms with Crippen molar-refractivity contribution in [2.75, 3.05) is 11.9 Å². The van der Waals surface area contributed by atoms with Crippen LogP contribution in [0.1, 0.15) is 24.0 Å². The van der Waals surface area contributed by atoms with Crippen molar-refractivity contribution >= 4 is 29.4 Å². The number of fused-ring (bicyclic) bond motifs is 4. The maximum absolute atomic E-state index is 14.2. The number of amides is 3. The highest BCUT2D eigenvalue weighted by Gasteiger charge is 2.70. The number of carboxylic acids is 1. The standard InChI is InChI=1S/C24H22FN3O5/c25-14-6-7-16-15(12-14)24(23(33)26-16)20-19(17(27-24)8-9-18(29)30)21(31)28(22(20)32)11-10-13-4-2-1-3-5-13/h1-7,12,17,19-20,27H,8-11H2,(H,26,33)(H,29,30). The number of nitrogens with zero attached hydrogens (tertiary/aromatic N) is 1. The van der Waals surface area contributed by atoms with Gasteiger partial charge in [-0.25, -0.2) is 4.39 Å². The molecule has 1 spiro atoms. The first-order chi connectivity index (χ1) is 15.8. The Morgan fingerprint density at radius 1 is 1.09 bits per heavy atom. The molecule has 0 saturated carbocycles. The van der Waals surface area contributed by atoms with E-state index in [1.165, 1.54) is 23.1 Å². The zero-order chi connectivity index (χ0) is 23.3. The average molecular weight is 451 g/mol. The number of aliphatic carboxylic acids is 1. The molecule has 9 heteroatoms. The van der Waals surface area contributed by atoms with Gasteiger partial charge in [0, 0.05) is 30.3 Å². The number of nitrogens with one attached hydrogen (secondary N) is 2. The first-order valence-electron chi connectivity index (χ1n) is 10.8. The number of benzene rings is 2. The summed E-state index contributed by atoms with van der Waals surface area (Å²) >= 11 is 0. The van der Waals surface area contributed by atoms with Crippen molar-refractivity contribution in [3.05, 3.63) is 65.5 Å². The predicted molar refractivity (Wildman–Crippen MR) is 114 cm³/mol. The molecule has 3 amide bonds. The van der Waals surface area contributed by atoms with E-state index in [1.54, 1.807) is 0 Å². The molecular formula is C24H22FN3O5. The lowest BCUT2D eigenvalue weighted by atomic mass is 9.76. The van der Waals surface area contributed by atoms with Gasteiger partial charge in [-0.1, -0.05) is 30.3 Å². The topological polar surface area (TPSA) is 116 Å². The van der Waals surface area contributed by atoms with E-state index < -0.39 is 52.9 Å². The molecule has 0 radical (unpaired) electrons. The molecule has 2 aromatic carbocycles. The van der Waals surface area contributed by atoms with E-state index in [2.05, 4.69) is 10.6 Å². The van der Waals surface area contributed by atoms with Gasteiger partial charge in [-0.3, -0.25) is 29.4 Å². The molecule has 2 saturated heterocycles. The lowest BCUT2D eigenvalue weighted by Gasteiger charge is -2.29. The molecule has 3 N–H and O–H groups in total. The van der Waals surface area contributed by atoms with Crippen LogP contribution in [-0.4, -0.2) is 46.3 Å². The van der Waals surface area contributed by atoms with Crippen LogP contribution in [0.5, 0.6) is 0 Å². The maximum atomic E-state index is 14.2. The average Bonchev–Trinajstić information content (AvgIpc) is 3.37. The molecule has 4 atom stereocenters. The zero-order valence-electron chi connectivity index (χ0n) is 17.6. The van der Waals surface area contributed by atoms with Gasteiger partial charge in [0.25, 0.3) is 0 Å². The molecule has 2 aromatic rings. The van der Waals surface area contributed by atoms with Gasteiger partial charge in [0.1, 0.15) is 11.4 Å². The summed E-state index contributed by atoms with van der Waals surface area (Å²) < 4.78 is 14.2. The van der Waals surface area contributed by atoms with E-state index in [-0.39, 0.29) is 24.9 Å². The van der Waals surface area contributed by atoms with Crippen LogP contribution < -0.4 is 10.6 Å². The number of carboxylic acid groups (broad SMARTS) is 1. The van der Waals surface area contributed by atoms with E-state index >= 15 is 0 Å². The second kappa shape index (κ2) is 7.77. The van der Waals surface area contributed by atoms with Crippen LogP contribution >= 0.6 is 0 Å². The van der Waals surface area contributed by atoms with E-state index in [0.29, 0.717) is 12.1 Å². The fourth-order valence-electron chi connectivity index (χ4n) is 5.47. The highest BCUT2D eigenvalue weighted by molar-refractivity contribution is 6.15. The minimum atomic E-state index is -1.63. The molecule has 8 nitrogen and oxygen atoms in total. The van der Waals surface area contributed by atoms with Crippen molar-refractivity contribution in [1.29, 1.82) is 0 Å². The third kappa shape index (κ3) is 3.22. The largest absolute Gasteiger partial charge is 0.481 e. The second-order valence-corrected chi connectivity index (χ2v) is 8.70. The third-order valence-corrected chi connectivity index (χ3v) is 6.90. The summed E-state index contributed by atoms with van der Waals surface area (Å²) in [7, 11) is 0. The van der Waals surface area contributed by atoms with Crippen molar-refractivity contribution in [2.24, 2.45) is 11.8 Å². The van der Waals surface area contributed by atoms with E-state index in [0.717, 1.165) is 5.56 Å². The summed E-state index contributed by atoms with van der Waals surface area (Å²) in [5.41, 5.74) is -0.0307. The summed E-state index contributed by atoms with van der Waals surface area (Å²) in [6, 6.07) is 12.5. The summed E-state index contributed by atoms with van der Waals surface area (Å²) in [6.07, 6.45) is 0.275. The molecule has 170 valence electrons. The fraction of sp³-hybridized carbons (Fsp3) is 0.333. The molecule has 33 heavy (non-hydrogen) atoms. The van der Waals surface area contributed by atoms with Gasteiger partial charge in [-0.15, -0.1) is 0 Å². The van der Waals surface area contributed by atoms with Gasteiger partial charge in [-0.2, -0.15) is 0 Å². The second-order valence-electron chi connectivity index (χ2n) is 8.70. The molecule has 0 aromatic heterocycles. The first kappa shape index (κ1) is 21.3. The van der Waals surface area contributed by atoms with Gasteiger partial charge in [0.15, 0.2) is 0 Å². The quantitative estimate of drug-likeness (QED) is 0.576. The van der Waals surface area contributed by atoms with Crippen LogP contribution in [-0.2, 0) is 31.1 Å². The molecule has 3 heterocycles. The summed E-state index contributed by atoms with van der Waals surface area (Å²) in [5, 5.41) is 15.0. The van der Waals surface area contributed by atoms with Crippen LogP contribution in [0.3, 0.4) is 0 Å².